The maximum Gasteiger partial charge on any atom is 0.194 e. The third-order valence-corrected chi connectivity index (χ3v) is 5.32. The lowest BCUT2D eigenvalue weighted by Gasteiger charge is -2.33. The van der Waals surface area contributed by atoms with E-state index >= 15 is 0 Å². The summed E-state index contributed by atoms with van der Waals surface area (Å²) in [6.45, 7) is 6.23. The molecule has 4 rings (SSSR count). The number of aromatic amines is 1. The number of halogens is 1. The molecule has 2 aromatic heterocycles. The van der Waals surface area contributed by atoms with Gasteiger partial charge in [0.1, 0.15) is 24.5 Å². The lowest BCUT2D eigenvalue weighted by molar-refractivity contribution is 0.298. The normalized spacial score (nSPS) is 15.1. The van der Waals surface area contributed by atoms with Crippen molar-refractivity contribution >= 4 is 29.9 Å². The van der Waals surface area contributed by atoms with Gasteiger partial charge in [-0.3, -0.25) is 5.10 Å². The van der Waals surface area contributed by atoms with Gasteiger partial charge in [0.15, 0.2) is 5.96 Å². The molecule has 1 aliphatic rings. The van der Waals surface area contributed by atoms with Gasteiger partial charge in [0.05, 0.1) is 0 Å². The van der Waals surface area contributed by atoms with Gasteiger partial charge in [-0.05, 0) is 25.3 Å². The molecule has 3 heterocycles. The van der Waals surface area contributed by atoms with E-state index in [1.807, 2.05) is 18.5 Å². The Morgan fingerprint density at radius 3 is 2.70 bits per heavy atom. The van der Waals surface area contributed by atoms with Crippen LogP contribution in [-0.2, 0) is 13.1 Å². The Morgan fingerprint density at radius 1 is 1.20 bits per heavy atom. The molecule has 0 atom stereocenters. The van der Waals surface area contributed by atoms with Gasteiger partial charge in [0, 0.05) is 44.5 Å². The van der Waals surface area contributed by atoms with Crippen LogP contribution in [0.1, 0.15) is 42.9 Å². The number of likely N-dealkylation sites (tertiary alicyclic amines) is 1. The zero-order valence-corrected chi connectivity index (χ0v) is 19.6. The van der Waals surface area contributed by atoms with Crippen molar-refractivity contribution in [3.8, 4) is 0 Å². The van der Waals surface area contributed by atoms with Crippen molar-refractivity contribution in [2.75, 3.05) is 19.6 Å². The SMILES string of the molecule is CCNC(=NCc1nccn1Cc1ccccc1)N1CCC(c2ncn[nH]2)CC1.I. The minimum atomic E-state index is 0. The molecule has 0 aliphatic carbocycles. The second-order valence-electron chi connectivity index (χ2n) is 7.26. The summed E-state index contributed by atoms with van der Waals surface area (Å²) in [6, 6.07) is 10.4. The summed E-state index contributed by atoms with van der Waals surface area (Å²) in [5.74, 6) is 3.37. The second-order valence-corrected chi connectivity index (χ2v) is 7.26. The van der Waals surface area contributed by atoms with Crippen molar-refractivity contribution in [1.82, 2.24) is 34.9 Å². The van der Waals surface area contributed by atoms with Gasteiger partial charge in [-0.25, -0.2) is 15.0 Å². The Labute approximate surface area is 194 Å². The fourth-order valence-electron chi connectivity index (χ4n) is 3.76. The fraction of sp³-hybridized carbons (Fsp3) is 0.429. The van der Waals surface area contributed by atoms with Crippen LogP contribution < -0.4 is 5.32 Å². The van der Waals surface area contributed by atoms with Crippen LogP contribution in [0.25, 0.3) is 0 Å². The van der Waals surface area contributed by atoms with Gasteiger partial charge in [-0.1, -0.05) is 30.3 Å². The van der Waals surface area contributed by atoms with Gasteiger partial charge < -0.3 is 14.8 Å². The summed E-state index contributed by atoms with van der Waals surface area (Å²) >= 11 is 0. The van der Waals surface area contributed by atoms with Crippen LogP contribution in [0.2, 0.25) is 0 Å². The molecular weight excluding hydrogens is 491 g/mol. The van der Waals surface area contributed by atoms with Crippen molar-refractivity contribution in [3.63, 3.8) is 0 Å². The first-order valence-corrected chi connectivity index (χ1v) is 10.3. The average molecular weight is 520 g/mol. The van der Waals surface area contributed by atoms with Crippen molar-refractivity contribution in [2.24, 2.45) is 4.99 Å². The molecule has 0 spiro atoms. The first kappa shape index (κ1) is 22.3. The van der Waals surface area contributed by atoms with Crippen LogP contribution in [0, 0.1) is 0 Å². The number of piperidine rings is 1. The van der Waals surface area contributed by atoms with Gasteiger partial charge in [-0.2, -0.15) is 5.10 Å². The number of H-pyrrole nitrogens is 1. The maximum atomic E-state index is 4.88. The monoisotopic (exact) mass is 520 g/mol. The Kier molecular flexibility index (Phi) is 8.23. The number of guanidine groups is 1. The van der Waals surface area contributed by atoms with Crippen LogP contribution in [0.3, 0.4) is 0 Å². The largest absolute Gasteiger partial charge is 0.357 e. The molecule has 0 saturated carbocycles. The highest BCUT2D eigenvalue weighted by molar-refractivity contribution is 14.0. The van der Waals surface area contributed by atoms with Crippen LogP contribution in [0.15, 0.2) is 54.0 Å². The van der Waals surface area contributed by atoms with Crippen LogP contribution in [-0.4, -0.2) is 55.2 Å². The van der Waals surface area contributed by atoms with Crippen molar-refractivity contribution in [3.05, 3.63) is 66.3 Å². The standard InChI is InChI=1S/C21H28N8.HI/c1-2-22-21(28-11-8-18(9-12-28)20-25-16-26-27-20)24-14-19-23-10-13-29(19)15-17-6-4-3-5-7-17;/h3-7,10,13,16,18H,2,8-9,11-12,14-15H2,1H3,(H,22,24)(H,25,26,27);1H. The van der Waals surface area contributed by atoms with E-state index in [-0.39, 0.29) is 24.0 Å². The zero-order valence-electron chi connectivity index (χ0n) is 17.2. The third kappa shape index (κ3) is 5.59. The van der Waals surface area contributed by atoms with E-state index < -0.39 is 0 Å². The summed E-state index contributed by atoms with van der Waals surface area (Å²) in [6.07, 6.45) is 7.55. The van der Waals surface area contributed by atoms with E-state index in [9.17, 15) is 0 Å². The number of nitrogens with zero attached hydrogens (tertiary/aromatic N) is 6. The molecule has 0 bridgehead atoms. The lowest BCUT2D eigenvalue weighted by Crippen LogP contribution is -2.45. The lowest BCUT2D eigenvalue weighted by atomic mass is 9.96. The summed E-state index contributed by atoms with van der Waals surface area (Å²) in [5, 5.41) is 10.4. The van der Waals surface area contributed by atoms with E-state index in [4.69, 9.17) is 4.99 Å². The van der Waals surface area contributed by atoms with E-state index in [1.54, 1.807) is 6.33 Å². The fourth-order valence-corrected chi connectivity index (χ4v) is 3.76. The first-order chi connectivity index (χ1) is 14.3. The molecule has 8 nitrogen and oxygen atoms in total. The van der Waals surface area contributed by atoms with Crippen LogP contribution in [0.4, 0.5) is 0 Å². The molecule has 0 amide bonds. The minimum Gasteiger partial charge on any atom is -0.357 e. The Morgan fingerprint density at radius 2 is 2.00 bits per heavy atom. The number of aliphatic imine (C=N–C) groups is 1. The highest BCUT2D eigenvalue weighted by Gasteiger charge is 2.24. The molecule has 1 fully saturated rings. The molecule has 30 heavy (non-hydrogen) atoms. The molecule has 1 aliphatic heterocycles. The second kappa shape index (κ2) is 11.1. The highest BCUT2D eigenvalue weighted by Crippen LogP contribution is 2.25. The summed E-state index contributed by atoms with van der Waals surface area (Å²) in [4.78, 5) is 16.1. The van der Waals surface area contributed by atoms with Gasteiger partial charge in [0.2, 0.25) is 0 Å². The predicted molar refractivity (Wildman–Crippen MR) is 128 cm³/mol. The molecular formula is C21H29IN8. The van der Waals surface area contributed by atoms with Crippen LogP contribution >= 0.6 is 24.0 Å². The molecule has 1 aromatic carbocycles. The number of rotatable bonds is 6. The Bertz CT molecular complexity index is 898. The Balaban J connectivity index is 0.00000256. The third-order valence-electron chi connectivity index (χ3n) is 5.32. The molecule has 160 valence electrons. The smallest absolute Gasteiger partial charge is 0.194 e. The quantitative estimate of drug-likeness (QED) is 0.297. The maximum absolute atomic E-state index is 4.88. The van der Waals surface area contributed by atoms with E-state index in [0.29, 0.717) is 12.5 Å². The number of imidazole rings is 1. The van der Waals surface area contributed by atoms with Crippen molar-refractivity contribution in [2.45, 2.75) is 38.8 Å². The highest BCUT2D eigenvalue weighted by atomic mass is 127. The summed E-state index contributed by atoms with van der Waals surface area (Å²) in [7, 11) is 0. The van der Waals surface area contributed by atoms with E-state index in [1.165, 1.54) is 5.56 Å². The summed E-state index contributed by atoms with van der Waals surface area (Å²) in [5.41, 5.74) is 1.26. The van der Waals surface area contributed by atoms with Crippen LogP contribution in [0.5, 0.6) is 0 Å². The number of nitrogens with one attached hydrogen (secondary N) is 2. The van der Waals surface area contributed by atoms with Crippen molar-refractivity contribution in [1.29, 1.82) is 0 Å². The molecule has 0 radical (unpaired) electrons. The number of aromatic nitrogens is 5. The number of hydrogen-bond donors (Lipinski definition) is 2. The topological polar surface area (TPSA) is 87.0 Å². The van der Waals surface area contributed by atoms with Gasteiger partial charge >= 0.3 is 0 Å². The zero-order chi connectivity index (χ0) is 19.9. The predicted octanol–water partition coefficient (Wildman–Crippen LogP) is 3.01. The average Bonchev–Trinajstić information content (AvgIpc) is 3.45. The minimum absolute atomic E-state index is 0. The molecule has 9 heteroatoms. The van der Waals surface area contributed by atoms with Gasteiger partial charge in [-0.15, -0.1) is 24.0 Å². The molecule has 1 saturated heterocycles. The van der Waals surface area contributed by atoms with E-state index in [0.717, 1.165) is 56.6 Å². The molecule has 0 unspecified atom stereocenters. The first-order valence-electron chi connectivity index (χ1n) is 10.3. The number of benzene rings is 1. The van der Waals surface area contributed by atoms with E-state index in [2.05, 4.69) is 66.1 Å². The number of hydrogen-bond acceptors (Lipinski definition) is 4. The molecule has 3 aromatic rings. The van der Waals surface area contributed by atoms with Crippen molar-refractivity contribution < 1.29 is 0 Å². The summed E-state index contributed by atoms with van der Waals surface area (Å²) < 4.78 is 2.17. The molecule has 2 N–H and O–H groups in total. The Hall–Kier alpha value is -2.43. The van der Waals surface area contributed by atoms with Gasteiger partial charge in [0.25, 0.3) is 0 Å².